The van der Waals surface area contributed by atoms with Gasteiger partial charge in [-0.3, -0.25) is 19.7 Å². The fourth-order valence-corrected chi connectivity index (χ4v) is 3.28. The molecule has 0 bridgehead atoms. The van der Waals surface area contributed by atoms with Crippen LogP contribution in [0.25, 0.3) is 0 Å². The fourth-order valence-electron chi connectivity index (χ4n) is 3.28. The molecule has 1 aliphatic rings. The number of Topliss-reactive ketones (excluding diaryl/α,β-unsaturated/α-hetero) is 1. The third kappa shape index (κ3) is 3.67. The highest BCUT2D eigenvalue weighted by Crippen LogP contribution is 2.30. The van der Waals surface area contributed by atoms with E-state index < -0.39 is 11.0 Å². The SMILES string of the molecule is CC(=O)N1CCc2cc(C(=O)C(C)Oc3ccc([N+](=O)[O-])c(C)c3)ccc21. The van der Waals surface area contributed by atoms with Crippen LogP contribution in [0.4, 0.5) is 11.4 Å². The molecule has 1 heterocycles. The van der Waals surface area contributed by atoms with Crippen LogP contribution in [0.1, 0.15) is 35.3 Å². The van der Waals surface area contributed by atoms with E-state index in [1.54, 1.807) is 36.9 Å². The minimum absolute atomic E-state index is 0.00924. The molecule has 140 valence electrons. The Balaban J connectivity index is 1.76. The molecule has 0 saturated carbocycles. The molecule has 0 aromatic heterocycles. The molecule has 2 aromatic carbocycles. The van der Waals surface area contributed by atoms with Gasteiger partial charge in [-0.15, -0.1) is 0 Å². The topological polar surface area (TPSA) is 89.8 Å². The van der Waals surface area contributed by atoms with E-state index in [-0.39, 0.29) is 17.4 Å². The minimum atomic E-state index is -0.741. The third-order valence-electron chi connectivity index (χ3n) is 4.69. The Morgan fingerprint density at radius 1 is 1.22 bits per heavy atom. The molecular formula is C20H20N2O5. The van der Waals surface area contributed by atoms with E-state index >= 15 is 0 Å². The molecule has 0 N–H and O–H groups in total. The number of anilines is 1. The highest BCUT2D eigenvalue weighted by molar-refractivity contribution is 6.01. The van der Waals surface area contributed by atoms with Crippen LogP contribution in [0, 0.1) is 17.0 Å². The molecule has 1 aliphatic heterocycles. The molecule has 0 spiro atoms. The van der Waals surface area contributed by atoms with Crippen LogP contribution in [-0.2, 0) is 11.2 Å². The van der Waals surface area contributed by atoms with E-state index in [0.717, 1.165) is 11.3 Å². The zero-order chi connectivity index (χ0) is 19.7. The highest BCUT2D eigenvalue weighted by atomic mass is 16.6. The summed E-state index contributed by atoms with van der Waals surface area (Å²) in [5, 5.41) is 10.9. The third-order valence-corrected chi connectivity index (χ3v) is 4.69. The van der Waals surface area contributed by atoms with Crippen LogP contribution in [-0.4, -0.2) is 29.3 Å². The van der Waals surface area contributed by atoms with Gasteiger partial charge in [-0.05, 0) is 56.2 Å². The monoisotopic (exact) mass is 368 g/mol. The fraction of sp³-hybridized carbons (Fsp3) is 0.300. The molecule has 0 fully saturated rings. The molecule has 1 unspecified atom stereocenters. The number of aryl methyl sites for hydroxylation is 1. The van der Waals surface area contributed by atoms with E-state index in [1.165, 1.54) is 19.1 Å². The predicted molar refractivity (Wildman–Crippen MR) is 100 cm³/mol. The molecule has 2 aromatic rings. The van der Waals surface area contributed by atoms with Gasteiger partial charge in [0.25, 0.3) is 5.69 Å². The maximum Gasteiger partial charge on any atom is 0.272 e. The van der Waals surface area contributed by atoms with Crippen LogP contribution in [0.2, 0.25) is 0 Å². The van der Waals surface area contributed by atoms with Gasteiger partial charge in [-0.25, -0.2) is 0 Å². The Labute approximate surface area is 156 Å². The first-order valence-corrected chi connectivity index (χ1v) is 8.65. The lowest BCUT2D eigenvalue weighted by Gasteiger charge is -2.16. The van der Waals surface area contributed by atoms with E-state index in [1.807, 2.05) is 6.07 Å². The van der Waals surface area contributed by atoms with Gasteiger partial charge in [0.2, 0.25) is 11.7 Å². The lowest BCUT2D eigenvalue weighted by molar-refractivity contribution is -0.385. The largest absolute Gasteiger partial charge is 0.483 e. The van der Waals surface area contributed by atoms with E-state index in [2.05, 4.69) is 0 Å². The normalized spacial score (nSPS) is 13.8. The van der Waals surface area contributed by atoms with Gasteiger partial charge in [0.1, 0.15) is 5.75 Å². The van der Waals surface area contributed by atoms with Crippen molar-refractivity contribution in [2.24, 2.45) is 0 Å². The molecule has 27 heavy (non-hydrogen) atoms. The number of fused-ring (bicyclic) bond motifs is 1. The first-order chi connectivity index (χ1) is 12.8. The number of nitrogens with zero attached hydrogens (tertiary/aromatic N) is 2. The van der Waals surface area contributed by atoms with Gasteiger partial charge in [0, 0.05) is 36.3 Å². The number of carbonyl (C=O) groups is 2. The maximum absolute atomic E-state index is 12.7. The molecule has 3 rings (SSSR count). The number of hydrogen-bond donors (Lipinski definition) is 0. The predicted octanol–water partition coefficient (Wildman–Crippen LogP) is 3.46. The van der Waals surface area contributed by atoms with Crippen molar-refractivity contribution in [1.82, 2.24) is 0 Å². The van der Waals surface area contributed by atoms with Crippen LogP contribution in [0.3, 0.4) is 0 Å². The number of nitro benzene ring substituents is 1. The Kier molecular flexibility index (Phi) is 4.94. The van der Waals surface area contributed by atoms with Crippen molar-refractivity contribution in [2.45, 2.75) is 33.3 Å². The summed E-state index contributed by atoms with van der Waals surface area (Å²) in [7, 11) is 0. The van der Waals surface area contributed by atoms with Crippen molar-refractivity contribution >= 4 is 23.1 Å². The van der Waals surface area contributed by atoms with Crippen molar-refractivity contribution in [3.8, 4) is 5.75 Å². The van der Waals surface area contributed by atoms with E-state index in [4.69, 9.17) is 4.74 Å². The number of hydrogen-bond acceptors (Lipinski definition) is 5. The number of rotatable bonds is 5. The van der Waals surface area contributed by atoms with Gasteiger partial charge < -0.3 is 9.64 Å². The lowest BCUT2D eigenvalue weighted by Crippen LogP contribution is -2.26. The highest BCUT2D eigenvalue weighted by Gasteiger charge is 2.25. The second-order valence-corrected chi connectivity index (χ2v) is 6.59. The van der Waals surface area contributed by atoms with Crippen LogP contribution in [0.5, 0.6) is 5.75 Å². The summed E-state index contributed by atoms with van der Waals surface area (Å²) >= 11 is 0. The van der Waals surface area contributed by atoms with Crippen LogP contribution < -0.4 is 9.64 Å². The number of benzene rings is 2. The molecule has 7 nitrogen and oxygen atoms in total. The summed E-state index contributed by atoms with van der Waals surface area (Å²) in [6.07, 6.45) is -0.0264. The second kappa shape index (κ2) is 7.19. The molecule has 0 aliphatic carbocycles. The van der Waals surface area contributed by atoms with E-state index in [0.29, 0.717) is 29.8 Å². The van der Waals surface area contributed by atoms with Gasteiger partial charge in [0.05, 0.1) is 4.92 Å². The summed E-state index contributed by atoms with van der Waals surface area (Å²) in [5.74, 6) is 0.205. The number of nitro groups is 1. The quantitative estimate of drug-likeness (QED) is 0.458. The molecule has 1 amide bonds. The van der Waals surface area contributed by atoms with Crippen molar-refractivity contribution in [1.29, 1.82) is 0 Å². The van der Waals surface area contributed by atoms with Crippen LogP contribution in [0.15, 0.2) is 36.4 Å². The first-order valence-electron chi connectivity index (χ1n) is 8.65. The molecule has 0 saturated heterocycles. The number of ketones is 1. The van der Waals surface area contributed by atoms with E-state index in [9.17, 15) is 19.7 Å². The van der Waals surface area contributed by atoms with Crippen LogP contribution >= 0.6 is 0 Å². The van der Waals surface area contributed by atoms with Gasteiger partial charge >= 0.3 is 0 Å². The lowest BCUT2D eigenvalue weighted by atomic mass is 10.0. The molecule has 0 radical (unpaired) electrons. The Bertz CT molecular complexity index is 938. The Morgan fingerprint density at radius 2 is 1.96 bits per heavy atom. The average molecular weight is 368 g/mol. The van der Waals surface area contributed by atoms with Gasteiger partial charge in [-0.1, -0.05) is 0 Å². The van der Waals surface area contributed by atoms with Crippen molar-refractivity contribution in [2.75, 3.05) is 11.4 Å². The summed E-state index contributed by atoms with van der Waals surface area (Å²) in [6.45, 7) is 5.42. The van der Waals surface area contributed by atoms with Crippen molar-refractivity contribution in [3.05, 3.63) is 63.2 Å². The van der Waals surface area contributed by atoms with Crippen molar-refractivity contribution < 1.29 is 19.2 Å². The molecule has 1 atom stereocenters. The Morgan fingerprint density at radius 3 is 2.59 bits per heavy atom. The summed E-state index contributed by atoms with van der Waals surface area (Å²) in [5.41, 5.74) is 2.81. The van der Waals surface area contributed by atoms with Gasteiger partial charge in [0.15, 0.2) is 6.10 Å². The second-order valence-electron chi connectivity index (χ2n) is 6.59. The standard InChI is InChI=1S/C20H20N2O5/c1-12-10-17(5-7-18(12)22(25)26)27-13(2)20(24)16-4-6-19-15(11-16)8-9-21(19)14(3)23/h4-7,10-11,13H,8-9H2,1-3H3. The number of ether oxygens (including phenoxy) is 1. The molecular weight excluding hydrogens is 348 g/mol. The summed E-state index contributed by atoms with van der Waals surface area (Å²) in [6, 6.07) is 9.70. The zero-order valence-electron chi connectivity index (χ0n) is 15.4. The minimum Gasteiger partial charge on any atom is -0.483 e. The molecule has 7 heteroatoms. The number of carbonyl (C=O) groups excluding carboxylic acids is 2. The summed E-state index contributed by atoms with van der Waals surface area (Å²) in [4.78, 5) is 36.5. The average Bonchev–Trinajstić information content (AvgIpc) is 3.04. The first kappa shape index (κ1) is 18.6. The number of amides is 1. The maximum atomic E-state index is 12.7. The van der Waals surface area contributed by atoms with Gasteiger partial charge in [-0.2, -0.15) is 0 Å². The van der Waals surface area contributed by atoms with Crippen molar-refractivity contribution in [3.63, 3.8) is 0 Å². The zero-order valence-corrected chi connectivity index (χ0v) is 15.4. The Hall–Kier alpha value is -3.22. The summed E-state index contributed by atoms with van der Waals surface area (Å²) < 4.78 is 5.69. The smallest absolute Gasteiger partial charge is 0.272 e.